The minimum Gasteiger partial charge on any atom is -0.308 e. The minimum atomic E-state index is 0.813. The van der Waals surface area contributed by atoms with Gasteiger partial charge in [0.1, 0.15) is 0 Å². The molecular formula is C7H9NS2. The van der Waals surface area contributed by atoms with Crippen LogP contribution in [0.15, 0.2) is 17.5 Å². The Hall–Kier alpha value is -0.250. The monoisotopic (exact) mass is 171 g/mol. The molecule has 0 amide bonds. The molecular weight excluding hydrogens is 162 g/mol. The summed E-state index contributed by atoms with van der Waals surface area (Å²) in [6.07, 6.45) is 0. The highest BCUT2D eigenvalue weighted by Gasteiger charge is 1.89. The van der Waals surface area contributed by atoms with Crippen molar-refractivity contribution in [3.63, 3.8) is 0 Å². The van der Waals surface area contributed by atoms with Gasteiger partial charge >= 0.3 is 0 Å². The van der Waals surface area contributed by atoms with Crippen molar-refractivity contribution in [2.75, 3.05) is 6.54 Å². The summed E-state index contributed by atoms with van der Waals surface area (Å²) in [6.45, 7) is 1.75. The lowest BCUT2D eigenvalue weighted by Crippen LogP contribution is -2.13. The van der Waals surface area contributed by atoms with Crippen LogP contribution in [-0.4, -0.2) is 11.9 Å². The molecule has 1 aromatic heterocycles. The van der Waals surface area contributed by atoms with Gasteiger partial charge in [0.05, 0.1) is 0 Å². The molecule has 1 aromatic rings. The first kappa shape index (κ1) is 7.85. The molecule has 0 unspecified atom stereocenters. The quantitative estimate of drug-likeness (QED) is 0.548. The van der Waals surface area contributed by atoms with Crippen molar-refractivity contribution in [1.82, 2.24) is 5.32 Å². The van der Waals surface area contributed by atoms with E-state index in [4.69, 9.17) is 0 Å². The number of rotatable bonds is 4. The Bertz CT molecular complexity index is 181. The van der Waals surface area contributed by atoms with E-state index in [0.29, 0.717) is 0 Å². The van der Waals surface area contributed by atoms with Crippen LogP contribution in [0.4, 0.5) is 0 Å². The maximum Gasteiger partial charge on any atom is 0.0302 e. The molecule has 0 bridgehead atoms. The van der Waals surface area contributed by atoms with Crippen molar-refractivity contribution < 1.29 is 0 Å². The van der Waals surface area contributed by atoms with Crippen molar-refractivity contribution in [2.24, 2.45) is 0 Å². The number of thiocarbonyl (C=S) groups is 1. The molecule has 1 N–H and O–H groups in total. The summed E-state index contributed by atoms with van der Waals surface area (Å²) in [7, 11) is 0. The van der Waals surface area contributed by atoms with Gasteiger partial charge in [-0.05, 0) is 16.8 Å². The first-order chi connectivity index (χ1) is 4.93. The SMILES string of the molecule is S=CCNCc1cccs1. The second-order valence-corrected chi connectivity index (χ2v) is 3.24. The van der Waals surface area contributed by atoms with Crippen LogP contribution in [-0.2, 0) is 6.54 Å². The van der Waals surface area contributed by atoms with E-state index in [1.807, 2.05) is 0 Å². The largest absolute Gasteiger partial charge is 0.308 e. The van der Waals surface area contributed by atoms with Gasteiger partial charge in [0.2, 0.25) is 0 Å². The summed E-state index contributed by atoms with van der Waals surface area (Å²) in [5, 5.41) is 6.97. The van der Waals surface area contributed by atoms with Crippen LogP contribution in [0.2, 0.25) is 0 Å². The molecule has 1 rings (SSSR count). The van der Waals surface area contributed by atoms with Crippen molar-refractivity contribution in [1.29, 1.82) is 0 Å². The van der Waals surface area contributed by atoms with Crippen LogP contribution >= 0.6 is 23.6 Å². The molecule has 54 valence electrons. The Morgan fingerprint density at radius 2 is 2.60 bits per heavy atom. The molecule has 0 saturated carbocycles. The molecule has 10 heavy (non-hydrogen) atoms. The Kier molecular flexibility index (Phi) is 3.57. The molecule has 1 nitrogen and oxygen atoms in total. The minimum absolute atomic E-state index is 0.813. The van der Waals surface area contributed by atoms with Gasteiger partial charge in [-0.2, -0.15) is 0 Å². The maximum absolute atomic E-state index is 4.66. The average molecular weight is 171 g/mol. The Morgan fingerprint density at radius 1 is 1.70 bits per heavy atom. The molecule has 0 aromatic carbocycles. The van der Waals surface area contributed by atoms with E-state index >= 15 is 0 Å². The van der Waals surface area contributed by atoms with Crippen molar-refractivity contribution >= 4 is 28.9 Å². The molecule has 0 aliphatic carbocycles. The summed E-state index contributed by atoms with van der Waals surface area (Å²) in [4.78, 5) is 1.36. The lowest BCUT2D eigenvalue weighted by Gasteiger charge is -1.95. The topological polar surface area (TPSA) is 12.0 Å². The number of thiophene rings is 1. The highest BCUT2D eigenvalue weighted by atomic mass is 32.1. The van der Waals surface area contributed by atoms with Gasteiger partial charge in [-0.15, -0.1) is 11.3 Å². The predicted octanol–water partition coefficient (Wildman–Crippen LogP) is 1.84. The summed E-state index contributed by atoms with van der Waals surface area (Å²) >= 11 is 6.43. The third kappa shape index (κ3) is 2.56. The van der Waals surface area contributed by atoms with E-state index in [2.05, 4.69) is 35.0 Å². The zero-order valence-electron chi connectivity index (χ0n) is 5.54. The van der Waals surface area contributed by atoms with Crippen molar-refractivity contribution in [3.05, 3.63) is 22.4 Å². The molecule has 3 heteroatoms. The van der Waals surface area contributed by atoms with E-state index in [0.717, 1.165) is 13.1 Å². The fourth-order valence-electron chi connectivity index (χ4n) is 0.667. The zero-order chi connectivity index (χ0) is 7.23. The van der Waals surface area contributed by atoms with Gasteiger partial charge in [-0.25, -0.2) is 0 Å². The van der Waals surface area contributed by atoms with Crippen LogP contribution in [0, 0.1) is 0 Å². The fraction of sp³-hybridized carbons (Fsp3) is 0.286. The summed E-state index contributed by atoms with van der Waals surface area (Å²) in [6, 6.07) is 4.17. The summed E-state index contributed by atoms with van der Waals surface area (Å²) in [5.41, 5.74) is 0. The van der Waals surface area contributed by atoms with E-state index in [9.17, 15) is 0 Å². The highest BCUT2D eigenvalue weighted by molar-refractivity contribution is 7.79. The van der Waals surface area contributed by atoms with Crippen molar-refractivity contribution in [2.45, 2.75) is 6.54 Å². The fourth-order valence-corrected chi connectivity index (χ4v) is 1.46. The number of nitrogens with one attached hydrogen (secondary N) is 1. The van der Waals surface area contributed by atoms with Crippen molar-refractivity contribution in [3.8, 4) is 0 Å². The Balaban J connectivity index is 2.21. The first-order valence-electron chi connectivity index (χ1n) is 3.10. The van der Waals surface area contributed by atoms with Crippen LogP contribution in [0.1, 0.15) is 4.88 Å². The lowest BCUT2D eigenvalue weighted by molar-refractivity contribution is 0.797. The second-order valence-electron chi connectivity index (χ2n) is 1.88. The molecule has 0 aliphatic heterocycles. The van der Waals surface area contributed by atoms with Gasteiger partial charge < -0.3 is 5.32 Å². The molecule has 0 atom stereocenters. The van der Waals surface area contributed by atoms with E-state index in [1.54, 1.807) is 16.7 Å². The van der Waals surface area contributed by atoms with E-state index in [1.165, 1.54) is 4.88 Å². The molecule has 0 saturated heterocycles. The molecule has 0 fully saturated rings. The number of hydrogen-bond acceptors (Lipinski definition) is 3. The average Bonchev–Trinajstić information content (AvgIpc) is 2.41. The van der Waals surface area contributed by atoms with Gasteiger partial charge in [-0.3, -0.25) is 0 Å². The van der Waals surface area contributed by atoms with E-state index < -0.39 is 0 Å². The normalized spacial score (nSPS) is 9.60. The third-order valence-electron chi connectivity index (χ3n) is 1.11. The van der Waals surface area contributed by atoms with Gasteiger partial charge in [-0.1, -0.05) is 18.3 Å². The maximum atomic E-state index is 4.66. The molecule has 0 radical (unpaired) electrons. The van der Waals surface area contributed by atoms with Crippen LogP contribution in [0.5, 0.6) is 0 Å². The second kappa shape index (κ2) is 4.55. The highest BCUT2D eigenvalue weighted by Crippen LogP contribution is 2.06. The smallest absolute Gasteiger partial charge is 0.0302 e. The van der Waals surface area contributed by atoms with Gasteiger partial charge in [0.15, 0.2) is 0 Å². The van der Waals surface area contributed by atoms with E-state index in [-0.39, 0.29) is 0 Å². The summed E-state index contributed by atoms with van der Waals surface area (Å²) in [5.74, 6) is 0. The molecule has 1 heterocycles. The van der Waals surface area contributed by atoms with Crippen LogP contribution < -0.4 is 5.32 Å². The van der Waals surface area contributed by atoms with Crippen LogP contribution in [0.3, 0.4) is 0 Å². The third-order valence-corrected chi connectivity index (χ3v) is 2.15. The lowest BCUT2D eigenvalue weighted by atomic mass is 10.4. The predicted molar refractivity (Wildman–Crippen MR) is 49.7 cm³/mol. The summed E-state index contributed by atoms with van der Waals surface area (Å²) < 4.78 is 0. The molecule has 0 aliphatic rings. The van der Waals surface area contributed by atoms with Gasteiger partial charge in [0.25, 0.3) is 0 Å². The Morgan fingerprint density at radius 3 is 3.20 bits per heavy atom. The van der Waals surface area contributed by atoms with Gasteiger partial charge in [0, 0.05) is 18.0 Å². The zero-order valence-corrected chi connectivity index (χ0v) is 7.17. The Labute approximate surface area is 70.1 Å². The molecule has 0 spiro atoms. The standard InChI is InChI=1S/C7H9NS2/c9-4-3-8-6-7-2-1-5-10-7/h1-2,4-5,8H,3,6H2. The number of hydrogen-bond donors (Lipinski definition) is 1. The van der Waals surface area contributed by atoms with Crippen LogP contribution in [0.25, 0.3) is 0 Å². The first-order valence-corrected chi connectivity index (χ1v) is 4.45.